The molecule has 0 saturated carbocycles. The molecule has 3 N–H and O–H groups in total. The zero-order chi connectivity index (χ0) is 10.1. The summed E-state index contributed by atoms with van der Waals surface area (Å²) in [6, 6.07) is 7.03. The van der Waals surface area contributed by atoms with Crippen molar-refractivity contribution >= 4 is 16.5 Å². The van der Waals surface area contributed by atoms with E-state index in [1.54, 1.807) is 12.1 Å². The van der Waals surface area contributed by atoms with E-state index < -0.39 is 0 Å². The quantitative estimate of drug-likeness (QED) is 0.753. The predicted molar refractivity (Wildman–Crippen MR) is 58.4 cm³/mol. The maximum atomic E-state index is 9.14. The molecule has 0 amide bonds. The number of rotatable bonds is 1. The highest BCUT2D eigenvalue weighted by Gasteiger charge is 2.07. The highest BCUT2D eigenvalue weighted by molar-refractivity contribution is 7.18. The molecule has 0 aliphatic heterocycles. The Morgan fingerprint density at radius 3 is 2.43 bits per heavy atom. The minimum atomic E-state index is 0.267. The molecule has 0 bridgehead atoms. The van der Waals surface area contributed by atoms with Gasteiger partial charge in [-0.2, -0.15) is 0 Å². The first kappa shape index (κ1) is 9.02. The van der Waals surface area contributed by atoms with Gasteiger partial charge in [0.25, 0.3) is 0 Å². The molecule has 0 radical (unpaired) electrons. The zero-order valence-electron chi connectivity index (χ0n) is 7.69. The molecule has 4 heteroatoms. The number of thiazole rings is 1. The number of nitrogens with zero attached hydrogens (tertiary/aromatic N) is 1. The monoisotopic (exact) mass is 206 g/mol. The molecule has 0 fully saturated rings. The number of nitrogen functional groups attached to an aromatic ring is 1. The van der Waals surface area contributed by atoms with Crippen molar-refractivity contribution in [2.45, 2.75) is 6.92 Å². The number of aromatic hydroxyl groups is 1. The Bertz CT molecular complexity index is 448. The standard InChI is InChI=1S/C10H10N2OS/c1-6-9(14-10(11)12-6)7-2-4-8(13)5-3-7/h2-5,13H,1H3,(H2,11,12). The van der Waals surface area contributed by atoms with E-state index in [1.165, 1.54) is 11.3 Å². The number of aryl methyl sites for hydroxylation is 1. The van der Waals surface area contributed by atoms with Crippen molar-refractivity contribution in [3.05, 3.63) is 30.0 Å². The van der Waals surface area contributed by atoms with E-state index in [0.29, 0.717) is 5.13 Å². The Morgan fingerprint density at radius 1 is 1.29 bits per heavy atom. The first-order valence-electron chi connectivity index (χ1n) is 4.19. The minimum absolute atomic E-state index is 0.267. The maximum absolute atomic E-state index is 9.14. The van der Waals surface area contributed by atoms with Gasteiger partial charge < -0.3 is 10.8 Å². The highest BCUT2D eigenvalue weighted by Crippen LogP contribution is 2.31. The summed E-state index contributed by atoms with van der Waals surface area (Å²) in [5, 5.41) is 9.72. The number of aromatic nitrogens is 1. The van der Waals surface area contributed by atoms with Crippen LogP contribution in [0.3, 0.4) is 0 Å². The summed E-state index contributed by atoms with van der Waals surface area (Å²) in [6.45, 7) is 1.93. The van der Waals surface area contributed by atoms with Gasteiger partial charge in [0, 0.05) is 0 Å². The second-order valence-corrected chi connectivity index (χ2v) is 4.04. The van der Waals surface area contributed by atoms with Crippen molar-refractivity contribution in [3.63, 3.8) is 0 Å². The van der Waals surface area contributed by atoms with E-state index in [4.69, 9.17) is 10.8 Å². The third-order valence-electron chi connectivity index (χ3n) is 1.94. The predicted octanol–water partition coefficient (Wildman–Crippen LogP) is 2.41. The smallest absolute Gasteiger partial charge is 0.180 e. The van der Waals surface area contributed by atoms with Crippen LogP contribution < -0.4 is 5.73 Å². The lowest BCUT2D eigenvalue weighted by atomic mass is 10.1. The van der Waals surface area contributed by atoms with Crippen LogP contribution in [0, 0.1) is 6.92 Å². The van der Waals surface area contributed by atoms with Gasteiger partial charge in [0.15, 0.2) is 5.13 Å². The molecular formula is C10H10N2OS. The summed E-state index contributed by atoms with van der Waals surface area (Å²) in [4.78, 5) is 5.20. The molecule has 0 saturated heterocycles. The van der Waals surface area contributed by atoms with Crippen molar-refractivity contribution < 1.29 is 5.11 Å². The molecule has 0 aliphatic rings. The number of hydrogen-bond donors (Lipinski definition) is 2. The lowest BCUT2D eigenvalue weighted by molar-refractivity contribution is 0.475. The van der Waals surface area contributed by atoms with Crippen LogP contribution >= 0.6 is 11.3 Å². The maximum Gasteiger partial charge on any atom is 0.180 e. The lowest BCUT2D eigenvalue weighted by Gasteiger charge is -1.98. The van der Waals surface area contributed by atoms with E-state index in [0.717, 1.165) is 16.1 Å². The molecule has 1 aromatic carbocycles. The Hall–Kier alpha value is -1.55. The summed E-state index contributed by atoms with van der Waals surface area (Å²) in [5.74, 6) is 0.267. The van der Waals surface area contributed by atoms with E-state index in [-0.39, 0.29) is 5.75 Å². The second-order valence-electron chi connectivity index (χ2n) is 3.01. The van der Waals surface area contributed by atoms with Gasteiger partial charge in [-0.3, -0.25) is 0 Å². The average molecular weight is 206 g/mol. The van der Waals surface area contributed by atoms with Crippen LogP contribution in [0.1, 0.15) is 5.69 Å². The van der Waals surface area contributed by atoms with Gasteiger partial charge >= 0.3 is 0 Å². The van der Waals surface area contributed by atoms with Gasteiger partial charge in [-0.15, -0.1) is 0 Å². The van der Waals surface area contributed by atoms with Crippen molar-refractivity contribution in [2.24, 2.45) is 0 Å². The van der Waals surface area contributed by atoms with Crippen molar-refractivity contribution in [3.8, 4) is 16.2 Å². The van der Waals surface area contributed by atoms with Crippen molar-refractivity contribution in [1.29, 1.82) is 0 Å². The number of benzene rings is 1. The fourth-order valence-electron chi connectivity index (χ4n) is 1.30. The normalized spacial score (nSPS) is 10.4. The number of hydrogen-bond acceptors (Lipinski definition) is 4. The van der Waals surface area contributed by atoms with Crippen LogP contribution in [0.2, 0.25) is 0 Å². The molecule has 0 spiro atoms. The molecule has 3 nitrogen and oxygen atoms in total. The van der Waals surface area contributed by atoms with Crippen LogP contribution in [0.5, 0.6) is 5.75 Å². The Balaban J connectivity index is 2.49. The van der Waals surface area contributed by atoms with Gasteiger partial charge in [-0.1, -0.05) is 11.3 Å². The van der Waals surface area contributed by atoms with Crippen LogP contribution in [-0.2, 0) is 0 Å². The van der Waals surface area contributed by atoms with E-state index in [1.807, 2.05) is 19.1 Å². The molecule has 1 aromatic heterocycles. The van der Waals surface area contributed by atoms with Crippen LogP contribution in [0.15, 0.2) is 24.3 Å². The van der Waals surface area contributed by atoms with Crippen molar-refractivity contribution in [2.75, 3.05) is 5.73 Å². The topological polar surface area (TPSA) is 59.1 Å². The molecule has 2 aromatic rings. The fourth-order valence-corrected chi connectivity index (χ4v) is 2.14. The Morgan fingerprint density at radius 2 is 1.93 bits per heavy atom. The second kappa shape index (κ2) is 3.31. The number of phenols is 1. The van der Waals surface area contributed by atoms with Gasteiger partial charge in [0.1, 0.15) is 5.75 Å². The molecule has 0 unspecified atom stereocenters. The summed E-state index contributed by atoms with van der Waals surface area (Å²) in [6.07, 6.45) is 0. The Kier molecular flexibility index (Phi) is 2.13. The summed E-state index contributed by atoms with van der Waals surface area (Å²) >= 11 is 1.46. The van der Waals surface area contributed by atoms with Crippen LogP contribution in [-0.4, -0.2) is 10.1 Å². The summed E-state index contributed by atoms with van der Waals surface area (Å²) in [5.41, 5.74) is 7.57. The number of phenolic OH excluding ortho intramolecular Hbond substituents is 1. The SMILES string of the molecule is Cc1nc(N)sc1-c1ccc(O)cc1. The van der Waals surface area contributed by atoms with E-state index >= 15 is 0 Å². The summed E-state index contributed by atoms with van der Waals surface area (Å²) in [7, 11) is 0. The molecule has 14 heavy (non-hydrogen) atoms. The van der Waals surface area contributed by atoms with E-state index in [2.05, 4.69) is 4.98 Å². The van der Waals surface area contributed by atoms with Gasteiger partial charge in [-0.25, -0.2) is 4.98 Å². The van der Waals surface area contributed by atoms with Crippen LogP contribution in [0.4, 0.5) is 5.13 Å². The van der Waals surface area contributed by atoms with Gasteiger partial charge in [0.05, 0.1) is 10.6 Å². The molecular weight excluding hydrogens is 196 g/mol. The first-order valence-corrected chi connectivity index (χ1v) is 5.01. The third-order valence-corrected chi connectivity index (χ3v) is 2.98. The molecule has 0 atom stereocenters. The van der Waals surface area contributed by atoms with Crippen LogP contribution in [0.25, 0.3) is 10.4 Å². The minimum Gasteiger partial charge on any atom is -0.508 e. The lowest BCUT2D eigenvalue weighted by Crippen LogP contribution is -1.81. The molecule has 72 valence electrons. The largest absolute Gasteiger partial charge is 0.508 e. The summed E-state index contributed by atoms with van der Waals surface area (Å²) < 4.78 is 0. The first-order chi connectivity index (χ1) is 6.66. The zero-order valence-corrected chi connectivity index (χ0v) is 8.51. The van der Waals surface area contributed by atoms with Gasteiger partial charge in [-0.05, 0) is 36.8 Å². The molecule has 0 aliphatic carbocycles. The highest BCUT2D eigenvalue weighted by atomic mass is 32.1. The Labute approximate surface area is 85.8 Å². The van der Waals surface area contributed by atoms with E-state index in [9.17, 15) is 0 Å². The fraction of sp³-hybridized carbons (Fsp3) is 0.100. The molecule has 2 rings (SSSR count). The van der Waals surface area contributed by atoms with Gasteiger partial charge in [0.2, 0.25) is 0 Å². The molecule has 1 heterocycles. The average Bonchev–Trinajstić information content (AvgIpc) is 2.47. The number of anilines is 1. The number of nitrogens with two attached hydrogens (primary N) is 1. The third kappa shape index (κ3) is 1.56. The van der Waals surface area contributed by atoms with Crippen molar-refractivity contribution in [1.82, 2.24) is 4.98 Å².